The van der Waals surface area contributed by atoms with Gasteiger partial charge in [0.1, 0.15) is 0 Å². The monoisotopic (exact) mass is 489 g/mol. The molecular weight excluding hydrogens is 442 g/mol. The molecule has 0 unspecified atom stereocenters. The molecule has 3 amide bonds. The van der Waals surface area contributed by atoms with E-state index in [0.29, 0.717) is 19.3 Å². The van der Waals surface area contributed by atoms with E-state index in [1.54, 1.807) is 7.05 Å². The van der Waals surface area contributed by atoms with Crippen molar-refractivity contribution in [1.82, 2.24) is 0 Å². The molecule has 0 radical (unpaired) electrons. The standard InChI is InChI=1S/C25H48NO3.BrH/c1-5-8-11-14-17-20-23(27)26(4,24(28)21-18-15-12-9-6-2)25(29)22-19-16-13-10-7-3;/h5-22H2,1-4H3;1H/q+1;/p-1. The first-order valence-electron chi connectivity index (χ1n) is 12.4. The van der Waals surface area contributed by atoms with E-state index in [-0.39, 0.29) is 34.7 Å². The van der Waals surface area contributed by atoms with E-state index in [4.69, 9.17) is 0 Å². The quantitative estimate of drug-likeness (QED) is 0.215. The number of hydrogen-bond acceptors (Lipinski definition) is 3. The number of imide groups is 3. The minimum absolute atomic E-state index is 0. The van der Waals surface area contributed by atoms with E-state index in [1.165, 1.54) is 19.3 Å². The van der Waals surface area contributed by atoms with Crippen LogP contribution in [0.4, 0.5) is 0 Å². The number of carbonyl (C=O) groups is 3. The second kappa shape index (κ2) is 20.4. The maximum atomic E-state index is 13.0. The van der Waals surface area contributed by atoms with E-state index >= 15 is 0 Å². The number of rotatable bonds is 18. The molecule has 0 aromatic heterocycles. The Bertz CT molecular complexity index is 401. The zero-order chi connectivity index (χ0) is 22.0. The number of carbonyl (C=O) groups excluding carboxylic acids is 3. The van der Waals surface area contributed by atoms with Crippen molar-refractivity contribution in [2.24, 2.45) is 0 Å². The topological polar surface area (TPSA) is 51.2 Å². The third-order valence-corrected chi connectivity index (χ3v) is 5.98. The van der Waals surface area contributed by atoms with Crippen molar-refractivity contribution in [2.75, 3.05) is 7.05 Å². The van der Waals surface area contributed by atoms with Crippen LogP contribution in [0.3, 0.4) is 0 Å². The van der Waals surface area contributed by atoms with Crippen LogP contribution in [0.15, 0.2) is 0 Å². The van der Waals surface area contributed by atoms with Gasteiger partial charge in [0.2, 0.25) is 0 Å². The summed E-state index contributed by atoms with van der Waals surface area (Å²) in [4.78, 5) is 38.9. The molecule has 0 aliphatic rings. The fourth-order valence-electron chi connectivity index (χ4n) is 3.73. The Morgan fingerprint density at radius 3 is 0.933 bits per heavy atom. The third kappa shape index (κ3) is 13.0. The molecular formula is C25H48BrNO3. The van der Waals surface area contributed by atoms with E-state index in [9.17, 15) is 14.4 Å². The zero-order valence-electron chi connectivity index (χ0n) is 20.3. The highest BCUT2D eigenvalue weighted by atomic mass is 79.9. The maximum Gasteiger partial charge on any atom is 0.328 e. The molecule has 0 fully saturated rings. The number of nitrogens with zero attached hydrogens (tertiary/aromatic N) is 1. The first kappa shape index (κ1) is 31.6. The average molecular weight is 491 g/mol. The van der Waals surface area contributed by atoms with Crippen LogP contribution < -0.4 is 17.0 Å². The highest BCUT2D eigenvalue weighted by Crippen LogP contribution is 2.20. The largest absolute Gasteiger partial charge is 1.00 e. The molecule has 178 valence electrons. The maximum absolute atomic E-state index is 13.0. The molecule has 0 aromatic rings. The highest BCUT2D eigenvalue weighted by molar-refractivity contribution is 5.97. The van der Waals surface area contributed by atoms with Gasteiger partial charge in [-0.15, -0.1) is 4.48 Å². The average Bonchev–Trinajstić information content (AvgIpc) is 2.72. The van der Waals surface area contributed by atoms with Gasteiger partial charge in [0, 0.05) is 0 Å². The van der Waals surface area contributed by atoms with Crippen molar-refractivity contribution in [2.45, 2.75) is 136 Å². The summed E-state index contributed by atoms with van der Waals surface area (Å²) in [6.07, 6.45) is 16.7. The summed E-state index contributed by atoms with van der Waals surface area (Å²) in [5.41, 5.74) is 0. The molecule has 0 atom stereocenters. The molecule has 30 heavy (non-hydrogen) atoms. The van der Waals surface area contributed by atoms with Crippen molar-refractivity contribution < 1.29 is 35.8 Å². The molecule has 0 bridgehead atoms. The molecule has 0 heterocycles. The lowest BCUT2D eigenvalue weighted by atomic mass is 10.1. The van der Waals surface area contributed by atoms with Gasteiger partial charge in [-0.2, -0.15) is 0 Å². The van der Waals surface area contributed by atoms with Crippen LogP contribution in [0.25, 0.3) is 0 Å². The van der Waals surface area contributed by atoms with Gasteiger partial charge in [-0.25, -0.2) is 14.4 Å². The van der Waals surface area contributed by atoms with Crippen LogP contribution in [0.2, 0.25) is 0 Å². The van der Waals surface area contributed by atoms with Crippen LogP contribution >= 0.6 is 0 Å². The number of halogens is 1. The Morgan fingerprint density at radius 2 is 0.700 bits per heavy atom. The Balaban J connectivity index is 0. The Hall–Kier alpha value is -0.550. The Morgan fingerprint density at radius 1 is 0.467 bits per heavy atom. The number of unbranched alkanes of at least 4 members (excludes halogenated alkanes) is 12. The van der Waals surface area contributed by atoms with Crippen molar-refractivity contribution in [3.05, 3.63) is 0 Å². The van der Waals surface area contributed by atoms with Crippen molar-refractivity contribution in [3.63, 3.8) is 0 Å². The van der Waals surface area contributed by atoms with Crippen LogP contribution in [0.5, 0.6) is 0 Å². The van der Waals surface area contributed by atoms with Crippen molar-refractivity contribution in [1.29, 1.82) is 0 Å². The van der Waals surface area contributed by atoms with Gasteiger partial charge in [-0.1, -0.05) is 97.8 Å². The lowest BCUT2D eigenvalue weighted by Crippen LogP contribution is -3.00. The summed E-state index contributed by atoms with van der Waals surface area (Å²) in [6, 6.07) is 0. The summed E-state index contributed by atoms with van der Waals surface area (Å²) < 4.78 is -0.602. The molecule has 0 spiro atoms. The number of amides is 3. The van der Waals surface area contributed by atoms with Gasteiger partial charge in [0.25, 0.3) is 0 Å². The van der Waals surface area contributed by atoms with Crippen LogP contribution in [0.1, 0.15) is 136 Å². The lowest BCUT2D eigenvalue weighted by Gasteiger charge is -2.26. The summed E-state index contributed by atoms with van der Waals surface area (Å²) in [7, 11) is 1.57. The molecule has 0 N–H and O–H groups in total. The van der Waals surface area contributed by atoms with Crippen LogP contribution in [0, 0.1) is 0 Å². The highest BCUT2D eigenvalue weighted by Gasteiger charge is 2.45. The van der Waals surface area contributed by atoms with Crippen molar-refractivity contribution in [3.8, 4) is 0 Å². The minimum Gasteiger partial charge on any atom is -1.00 e. The smallest absolute Gasteiger partial charge is 0.328 e. The molecule has 0 rings (SSSR count). The van der Waals surface area contributed by atoms with Crippen molar-refractivity contribution >= 4 is 17.7 Å². The fourth-order valence-corrected chi connectivity index (χ4v) is 3.73. The summed E-state index contributed by atoms with van der Waals surface area (Å²) in [6.45, 7) is 6.49. The van der Waals surface area contributed by atoms with Gasteiger partial charge in [0.05, 0.1) is 26.3 Å². The molecule has 4 nitrogen and oxygen atoms in total. The predicted octanol–water partition coefficient (Wildman–Crippen LogP) is 4.10. The molecule has 0 saturated carbocycles. The van der Waals surface area contributed by atoms with E-state index in [2.05, 4.69) is 20.8 Å². The zero-order valence-corrected chi connectivity index (χ0v) is 21.9. The van der Waals surface area contributed by atoms with Crippen LogP contribution in [-0.2, 0) is 14.4 Å². The number of hydrogen-bond donors (Lipinski definition) is 0. The van der Waals surface area contributed by atoms with E-state index in [1.807, 2.05) is 0 Å². The lowest BCUT2D eigenvalue weighted by molar-refractivity contribution is -0.681. The Kier molecular flexibility index (Phi) is 21.5. The second-order valence-corrected chi connectivity index (χ2v) is 8.68. The molecule has 0 aromatic carbocycles. The van der Waals surface area contributed by atoms with Gasteiger partial charge in [-0.05, 0) is 19.3 Å². The minimum atomic E-state index is -0.602. The predicted molar refractivity (Wildman–Crippen MR) is 121 cm³/mol. The first-order chi connectivity index (χ1) is 13.9. The Labute approximate surface area is 196 Å². The van der Waals surface area contributed by atoms with Gasteiger partial charge >= 0.3 is 17.7 Å². The van der Waals surface area contributed by atoms with Crippen LogP contribution in [-0.4, -0.2) is 29.3 Å². The summed E-state index contributed by atoms with van der Waals surface area (Å²) in [5, 5.41) is 0. The second-order valence-electron chi connectivity index (χ2n) is 8.68. The number of quaternary nitrogens is 1. The van der Waals surface area contributed by atoms with Gasteiger partial charge < -0.3 is 17.0 Å². The van der Waals surface area contributed by atoms with E-state index in [0.717, 1.165) is 77.0 Å². The molecule has 0 aliphatic carbocycles. The normalized spacial score (nSPS) is 11.2. The summed E-state index contributed by atoms with van der Waals surface area (Å²) in [5.74, 6) is -0.587. The van der Waals surface area contributed by atoms with Gasteiger partial charge in [-0.3, -0.25) is 0 Å². The first-order valence-corrected chi connectivity index (χ1v) is 12.4. The molecule has 0 saturated heterocycles. The summed E-state index contributed by atoms with van der Waals surface area (Å²) >= 11 is 0. The SMILES string of the molecule is CCCCCCCC(=O)[N+](C)(C(=O)CCCCCCC)C(=O)CCCCCCC.[Br-]. The fraction of sp³-hybridized carbons (Fsp3) is 0.880. The van der Waals surface area contributed by atoms with Gasteiger partial charge in [0.15, 0.2) is 0 Å². The van der Waals surface area contributed by atoms with E-state index < -0.39 is 4.48 Å². The third-order valence-electron chi connectivity index (χ3n) is 5.98. The molecule has 0 aliphatic heterocycles. The molecule has 5 heteroatoms.